The zero-order valence-corrected chi connectivity index (χ0v) is 8.23. The van der Waals surface area contributed by atoms with Gasteiger partial charge >= 0.3 is 0 Å². The smallest absolute Gasteiger partial charge is 0.125 e. The molecule has 0 saturated carbocycles. The van der Waals surface area contributed by atoms with Gasteiger partial charge in [0.1, 0.15) is 17.4 Å². The van der Waals surface area contributed by atoms with E-state index in [2.05, 4.69) is 15.0 Å². The van der Waals surface area contributed by atoms with Crippen LogP contribution in [-0.4, -0.2) is 21.6 Å². The highest BCUT2D eigenvalue weighted by Gasteiger charge is 2.22. The molecule has 15 heavy (non-hydrogen) atoms. The Morgan fingerprint density at radius 3 is 3.27 bits per heavy atom. The van der Waals surface area contributed by atoms with E-state index in [0.29, 0.717) is 5.82 Å². The van der Waals surface area contributed by atoms with Crippen LogP contribution in [0.25, 0.3) is 11.0 Å². The number of aromatic amines is 1. The van der Waals surface area contributed by atoms with Crippen molar-refractivity contribution >= 4 is 16.9 Å². The molecule has 0 amide bonds. The summed E-state index contributed by atoms with van der Waals surface area (Å²) < 4.78 is 5.60. The van der Waals surface area contributed by atoms with E-state index in [1.807, 2.05) is 0 Å². The first-order valence-corrected chi connectivity index (χ1v) is 5.06. The number of H-pyrrole nitrogens is 1. The summed E-state index contributed by atoms with van der Waals surface area (Å²) in [5.74, 6) is 0.511. The van der Waals surface area contributed by atoms with Crippen LogP contribution >= 0.6 is 0 Å². The molecule has 0 aliphatic carbocycles. The fraction of sp³-hybridized carbons (Fsp3) is 0.400. The second kappa shape index (κ2) is 3.20. The number of anilines is 1. The highest BCUT2D eigenvalue weighted by atomic mass is 16.5. The molecule has 0 radical (unpaired) electrons. The molecule has 78 valence electrons. The molecule has 0 aromatic carbocycles. The average Bonchev–Trinajstić information content (AvgIpc) is 2.86. The minimum atomic E-state index is 0.0549. The van der Waals surface area contributed by atoms with Gasteiger partial charge in [-0.25, -0.2) is 9.97 Å². The number of hydrogen-bond donors (Lipinski definition) is 2. The number of hydrogen-bond acceptors (Lipinski definition) is 4. The van der Waals surface area contributed by atoms with Crippen molar-refractivity contribution in [2.75, 3.05) is 12.3 Å². The topological polar surface area (TPSA) is 76.8 Å². The Balaban J connectivity index is 2.18. The summed E-state index contributed by atoms with van der Waals surface area (Å²) in [7, 11) is 0. The quantitative estimate of drug-likeness (QED) is 0.735. The maximum atomic E-state index is 5.74. The number of nitrogens with two attached hydrogens (primary N) is 1. The van der Waals surface area contributed by atoms with E-state index in [0.717, 1.165) is 36.2 Å². The van der Waals surface area contributed by atoms with Crippen molar-refractivity contribution < 1.29 is 4.74 Å². The van der Waals surface area contributed by atoms with Gasteiger partial charge in [-0.2, -0.15) is 0 Å². The van der Waals surface area contributed by atoms with Crippen molar-refractivity contribution in [1.29, 1.82) is 0 Å². The van der Waals surface area contributed by atoms with Crippen molar-refractivity contribution in [1.82, 2.24) is 15.0 Å². The van der Waals surface area contributed by atoms with Crippen LogP contribution in [0.4, 0.5) is 5.82 Å². The predicted octanol–water partition coefficient (Wildman–Crippen LogP) is 1.39. The van der Waals surface area contributed by atoms with Gasteiger partial charge in [0.15, 0.2) is 0 Å². The third-order valence-corrected chi connectivity index (χ3v) is 2.69. The van der Waals surface area contributed by atoms with Gasteiger partial charge in [-0.1, -0.05) is 0 Å². The number of pyridine rings is 1. The molecule has 3 N–H and O–H groups in total. The lowest BCUT2D eigenvalue weighted by atomic mass is 10.1. The Hall–Kier alpha value is -1.62. The number of nitrogen functional groups attached to an aromatic ring is 1. The molecule has 2 aromatic heterocycles. The molecule has 5 heteroatoms. The van der Waals surface area contributed by atoms with Crippen molar-refractivity contribution in [3.63, 3.8) is 0 Å². The van der Waals surface area contributed by atoms with Crippen LogP contribution in [0.1, 0.15) is 24.6 Å². The Bertz CT molecular complexity index is 487. The van der Waals surface area contributed by atoms with E-state index in [1.165, 1.54) is 0 Å². The molecule has 1 saturated heterocycles. The summed E-state index contributed by atoms with van der Waals surface area (Å²) in [6.45, 7) is 0.799. The molecule has 1 atom stereocenters. The van der Waals surface area contributed by atoms with Gasteiger partial charge in [-0.15, -0.1) is 0 Å². The van der Waals surface area contributed by atoms with Crippen LogP contribution in [0, 0.1) is 0 Å². The Kier molecular flexibility index (Phi) is 1.85. The zero-order chi connectivity index (χ0) is 10.3. The highest BCUT2D eigenvalue weighted by molar-refractivity contribution is 5.79. The Labute approximate surface area is 86.7 Å². The van der Waals surface area contributed by atoms with Crippen LogP contribution in [0.5, 0.6) is 0 Å². The molecule has 0 bridgehead atoms. The fourth-order valence-electron chi connectivity index (χ4n) is 2.01. The van der Waals surface area contributed by atoms with E-state index < -0.39 is 0 Å². The van der Waals surface area contributed by atoms with Gasteiger partial charge in [0.2, 0.25) is 0 Å². The van der Waals surface area contributed by atoms with Crippen LogP contribution < -0.4 is 5.73 Å². The first-order valence-electron chi connectivity index (χ1n) is 5.06. The molecule has 1 aliphatic rings. The maximum Gasteiger partial charge on any atom is 0.125 e. The first-order chi connectivity index (χ1) is 7.34. The summed E-state index contributed by atoms with van der Waals surface area (Å²) in [6, 6.07) is 1.79. The lowest BCUT2D eigenvalue weighted by molar-refractivity contribution is 0.110. The summed E-state index contributed by atoms with van der Waals surface area (Å²) in [5.41, 5.74) is 8.40. The lowest BCUT2D eigenvalue weighted by Gasteiger charge is -2.09. The van der Waals surface area contributed by atoms with E-state index >= 15 is 0 Å². The molecule has 5 nitrogen and oxygen atoms in total. The van der Waals surface area contributed by atoms with E-state index in [4.69, 9.17) is 10.5 Å². The molecular formula is C10H12N4O. The number of rotatable bonds is 1. The van der Waals surface area contributed by atoms with Gasteiger partial charge in [0.05, 0.1) is 17.5 Å². The van der Waals surface area contributed by atoms with Gasteiger partial charge in [-0.3, -0.25) is 0 Å². The monoisotopic (exact) mass is 204 g/mol. The Morgan fingerprint density at radius 2 is 2.47 bits per heavy atom. The summed E-state index contributed by atoms with van der Waals surface area (Å²) in [5, 5.41) is 0. The molecule has 1 aliphatic heterocycles. The SMILES string of the molecule is Nc1cc2[nH]cnc2c(C2CCCO2)n1. The lowest BCUT2D eigenvalue weighted by Crippen LogP contribution is -2.03. The molecule has 1 fully saturated rings. The zero-order valence-electron chi connectivity index (χ0n) is 8.23. The van der Waals surface area contributed by atoms with Gasteiger partial charge in [-0.05, 0) is 12.8 Å². The van der Waals surface area contributed by atoms with Gasteiger partial charge < -0.3 is 15.5 Å². The second-order valence-corrected chi connectivity index (χ2v) is 3.73. The summed E-state index contributed by atoms with van der Waals surface area (Å²) >= 11 is 0. The summed E-state index contributed by atoms with van der Waals surface area (Å²) in [4.78, 5) is 11.6. The number of ether oxygens (including phenoxy) is 1. The van der Waals surface area contributed by atoms with Crippen molar-refractivity contribution in [3.05, 3.63) is 18.1 Å². The largest absolute Gasteiger partial charge is 0.384 e. The second-order valence-electron chi connectivity index (χ2n) is 3.73. The fourth-order valence-corrected chi connectivity index (χ4v) is 2.01. The number of imidazole rings is 1. The van der Waals surface area contributed by atoms with Crippen molar-refractivity contribution in [2.24, 2.45) is 0 Å². The third kappa shape index (κ3) is 1.35. The van der Waals surface area contributed by atoms with E-state index in [1.54, 1.807) is 12.4 Å². The number of nitrogens with zero attached hydrogens (tertiary/aromatic N) is 2. The normalized spacial score (nSPS) is 21.2. The molecule has 0 spiro atoms. The molecule has 3 heterocycles. The average molecular weight is 204 g/mol. The van der Waals surface area contributed by atoms with E-state index in [9.17, 15) is 0 Å². The van der Waals surface area contributed by atoms with Crippen LogP contribution in [0.15, 0.2) is 12.4 Å². The van der Waals surface area contributed by atoms with Crippen LogP contribution in [-0.2, 0) is 4.74 Å². The number of aromatic nitrogens is 3. The van der Waals surface area contributed by atoms with Crippen LogP contribution in [0.3, 0.4) is 0 Å². The molecular weight excluding hydrogens is 192 g/mol. The minimum absolute atomic E-state index is 0.0549. The van der Waals surface area contributed by atoms with Gasteiger partial charge in [0.25, 0.3) is 0 Å². The Morgan fingerprint density at radius 1 is 1.53 bits per heavy atom. The minimum Gasteiger partial charge on any atom is -0.384 e. The molecule has 2 aromatic rings. The van der Waals surface area contributed by atoms with E-state index in [-0.39, 0.29) is 6.10 Å². The maximum absolute atomic E-state index is 5.74. The number of nitrogens with one attached hydrogen (secondary N) is 1. The summed E-state index contributed by atoms with van der Waals surface area (Å²) in [6.07, 6.45) is 3.79. The number of fused-ring (bicyclic) bond motifs is 1. The third-order valence-electron chi connectivity index (χ3n) is 2.69. The van der Waals surface area contributed by atoms with Crippen LogP contribution in [0.2, 0.25) is 0 Å². The van der Waals surface area contributed by atoms with Gasteiger partial charge in [0, 0.05) is 12.7 Å². The first kappa shape index (κ1) is 8.67. The molecule has 1 unspecified atom stereocenters. The standard InChI is InChI=1S/C10H12N4O/c11-8-4-6-9(13-5-12-6)10(14-8)7-2-1-3-15-7/h4-5,7H,1-3H2,(H2,11,14)(H,12,13). The van der Waals surface area contributed by atoms with Crippen molar-refractivity contribution in [3.8, 4) is 0 Å². The predicted molar refractivity (Wildman–Crippen MR) is 56.2 cm³/mol. The highest BCUT2D eigenvalue weighted by Crippen LogP contribution is 2.31. The molecule has 3 rings (SSSR count). The van der Waals surface area contributed by atoms with Crippen molar-refractivity contribution in [2.45, 2.75) is 18.9 Å².